The normalized spacial score (nSPS) is 19.0. The fourth-order valence-electron chi connectivity index (χ4n) is 2.44. The molecular formula is C14H27NO. The van der Waals surface area contributed by atoms with Gasteiger partial charge >= 0.3 is 0 Å². The highest BCUT2D eigenvalue weighted by molar-refractivity contribution is 5.86. The summed E-state index contributed by atoms with van der Waals surface area (Å²) in [5, 5.41) is 0. The van der Waals surface area contributed by atoms with Crippen molar-refractivity contribution in [1.29, 1.82) is 0 Å². The Hall–Kier alpha value is -0.370. The lowest BCUT2D eigenvalue weighted by Crippen LogP contribution is -2.18. The van der Waals surface area contributed by atoms with Crippen LogP contribution in [0.25, 0.3) is 0 Å². The van der Waals surface area contributed by atoms with Gasteiger partial charge in [-0.15, -0.1) is 0 Å². The molecule has 0 bridgehead atoms. The summed E-state index contributed by atoms with van der Waals surface area (Å²) in [4.78, 5) is 4.67. The number of nitrogens with zero attached hydrogens (tertiary/aromatic N) is 1. The lowest BCUT2D eigenvalue weighted by molar-refractivity contribution is 0.142. The first kappa shape index (κ1) is 13.7. The Bertz CT molecular complexity index is 195. The Morgan fingerprint density at radius 1 is 1.12 bits per heavy atom. The largest absolute Gasteiger partial charge is 0.359 e. The number of hydrogen-bond donors (Lipinski definition) is 0. The first-order chi connectivity index (χ1) is 7.88. The van der Waals surface area contributed by atoms with E-state index < -0.39 is 0 Å². The Morgan fingerprint density at radius 2 is 1.88 bits per heavy atom. The summed E-state index contributed by atoms with van der Waals surface area (Å²) in [7, 11) is 0. The summed E-state index contributed by atoms with van der Waals surface area (Å²) >= 11 is 0. The van der Waals surface area contributed by atoms with Gasteiger partial charge in [0.15, 0.2) is 0 Å². The highest BCUT2D eigenvalue weighted by atomic mass is 16.5. The minimum Gasteiger partial charge on any atom is -0.359 e. The zero-order chi connectivity index (χ0) is 11.6. The summed E-state index contributed by atoms with van der Waals surface area (Å²) in [6, 6.07) is 0. The van der Waals surface area contributed by atoms with Gasteiger partial charge in [-0.3, -0.25) is 4.99 Å². The van der Waals surface area contributed by atoms with Gasteiger partial charge in [0.25, 0.3) is 0 Å². The van der Waals surface area contributed by atoms with Crippen LogP contribution in [0.15, 0.2) is 4.99 Å². The van der Waals surface area contributed by atoms with Crippen LogP contribution in [0.4, 0.5) is 0 Å². The van der Waals surface area contributed by atoms with Crippen molar-refractivity contribution in [2.75, 3.05) is 13.3 Å². The maximum absolute atomic E-state index is 5.46. The van der Waals surface area contributed by atoms with Crippen LogP contribution in [-0.2, 0) is 4.74 Å². The molecule has 1 fully saturated rings. The van der Waals surface area contributed by atoms with Crippen LogP contribution < -0.4 is 0 Å². The Morgan fingerprint density at radius 3 is 2.50 bits per heavy atom. The molecule has 0 atom stereocenters. The molecule has 16 heavy (non-hydrogen) atoms. The molecule has 0 unspecified atom stereocenters. The fraction of sp³-hybridized carbons (Fsp3) is 0.929. The van der Waals surface area contributed by atoms with Crippen molar-refractivity contribution in [3.05, 3.63) is 0 Å². The van der Waals surface area contributed by atoms with Crippen LogP contribution >= 0.6 is 0 Å². The topological polar surface area (TPSA) is 21.6 Å². The minimum atomic E-state index is 0.583. The molecule has 0 aliphatic heterocycles. The van der Waals surface area contributed by atoms with E-state index >= 15 is 0 Å². The molecule has 1 rings (SSSR count). The van der Waals surface area contributed by atoms with Gasteiger partial charge in [-0.25, -0.2) is 0 Å². The van der Waals surface area contributed by atoms with Gasteiger partial charge in [0, 0.05) is 12.3 Å². The van der Waals surface area contributed by atoms with E-state index in [2.05, 4.69) is 18.8 Å². The van der Waals surface area contributed by atoms with Crippen molar-refractivity contribution >= 4 is 5.71 Å². The quantitative estimate of drug-likeness (QED) is 0.470. The standard InChI is InChI=1S/C14H27NO/c1-3-8-14(15-12-16-11-4-2)13-9-6-5-7-10-13/h13H,3-12H2,1-2H3. The monoisotopic (exact) mass is 225 g/mol. The van der Waals surface area contributed by atoms with E-state index in [0.29, 0.717) is 6.73 Å². The Labute approximate surface area is 100 Å². The molecule has 0 aromatic rings. The van der Waals surface area contributed by atoms with Crippen molar-refractivity contribution in [3.8, 4) is 0 Å². The van der Waals surface area contributed by atoms with Gasteiger partial charge in [-0.05, 0) is 31.6 Å². The molecule has 0 amide bonds. The van der Waals surface area contributed by atoms with E-state index in [9.17, 15) is 0 Å². The first-order valence-electron chi connectivity index (χ1n) is 6.99. The second-order valence-electron chi connectivity index (χ2n) is 4.77. The highest BCUT2D eigenvalue weighted by Gasteiger charge is 2.18. The van der Waals surface area contributed by atoms with E-state index in [1.807, 2.05) is 0 Å². The maximum atomic E-state index is 5.46. The van der Waals surface area contributed by atoms with Crippen LogP contribution in [0.2, 0.25) is 0 Å². The predicted molar refractivity (Wildman–Crippen MR) is 70.0 cm³/mol. The molecule has 0 aromatic heterocycles. The SMILES string of the molecule is CCCOCN=C(CCC)C1CCCCC1. The number of hydrogen-bond acceptors (Lipinski definition) is 2. The zero-order valence-corrected chi connectivity index (χ0v) is 11.0. The average Bonchev–Trinajstić information content (AvgIpc) is 2.34. The van der Waals surface area contributed by atoms with Gasteiger partial charge < -0.3 is 4.74 Å². The van der Waals surface area contributed by atoms with Gasteiger partial charge in [0.05, 0.1) is 0 Å². The maximum Gasteiger partial charge on any atom is 0.137 e. The van der Waals surface area contributed by atoms with Crippen molar-refractivity contribution in [1.82, 2.24) is 0 Å². The Balaban J connectivity index is 2.37. The zero-order valence-electron chi connectivity index (χ0n) is 11.0. The molecule has 1 saturated carbocycles. The van der Waals surface area contributed by atoms with Crippen LogP contribution in [0.1, 0.15) is 65.2 Å². The molecule has 1 aliphatic rings. The molecule has 94 valence electrons. The summed E-state index contributed by atoms with van der Waals surface area (Å²) in [6.45, 7) is 5.80. The van der Waals surface area contributed by atoms with Crippen molar-refractivity contribution in [3.63, 3.8) is 0 Å². The second kappa shape index (κ2) is 8.74. The Kier molecular flexibility index (Phi) is 7.48. The smallest absolute Gasteiger partial charge is 0.137 e. The van der Waals surface area contributed by atoms with Crippen LogP contribution in [0, 0.1) is 5.92 Å². The third-order valence-corrected chi connectivity index (χ3v) is 3.29. The van der Waals surface area contributed by atoms with E-state index in [0.717, 1.165) is 18.9 Å². The predicted octanol–water partition coefficient (Wildman–Crippen LogP) is 4.19. The van der Waals surface area contributed by atoms with Crippen LogP contribution in [0.5, 0.6) is 0 Å². The van der Waals surface area contributed by atoms with Gasteiger partial charge in [-0.2, -0.15) is 0 Å². The third kappa shape index (κ3) is 5.11. The molecule has 0 spiro atoms. The van der Waals surface area contributed by atoms with E-state index in [4.69, 9.17) is 4.74 Å². The van der Waals surface area contributed by atoms with E-state index in [-0.39, 0.29) is 0 Å². The van der Waals surface area contributed by atoms with Crippen molar-refractivity contribution in [2.45, 2.75) is 65.2 Å². The summed E-state index contributed by atoms with van der Waals surface area (Å²) < 4.78 is 5.46. The number of rotatable bonds is 7. The average molecular weight is 225 g/mol. The lowest BCUT2D eigenvalue weighted by Gasteiger charge is -2.23. The minimum absolute atomic E-state index is 0.583. The number of ether oxygens (including phenoxy) is 1. The van der Waals surface area contributed by atoms with E-state index in [1.165, 1.54) is 50.7 Å². The summed E-state index contributed by atoms with van der Waals surface area (Å²) in [5.74, 6) is 0.763. The molecule has 0 saturated heterocycles. The second-order valence-corrected chi connectivity index (χ2v) is 4.77. The summed E-state index contributed by atoms with van der Waals surface area (Å²) in [5.41, 5.74) is 1.43. The van der Waals surface area contributed by atoms with Crippen molar-refractivity contribution in [2.24, 2.45) is 10.9 Å². The molecule has 2 heteroatoms. The number of aliphatic imine (C=N–C) groups is 1. The highest BCUT2D eigenvalue weighted by Crippen LogP contribution is 2.26. The molecule has 1 aliphatic carbocycles. The third-order valence-electron chi connectivity index (χ3n) is 3.29. The molecular weight excluding hydrogens is 198 g/mol. The molecule has 0 radical (unpaired) electrons. The summed E-state index contributed by atoms with van der Waals surface area (Å²) in [6.07, 6.45) is 10.4. The van der Waals surface area contributed by atoms with E-state index in [1.54, 1.807) is 0 Å². The van der Waals surface area contributed by atoms with Gasteiger partial charge in [-0.1, -0.05) is 39.5 Å². The molecule has 0 heterocycles. The van der Waals surface area contributed by atoms with Gasteiger partial charge in [0.1, 0.15) is 6.73 Å². The van der Waals surface area contributed by atoms with Crippen LogP contribution in [0.3, 0.4) is 0 Å². The molecule has 2 nitrogen and oxygen atoms in total. The first-order valence-corrected chi connectivity index (χ1v) is 6.99. The molecule has 0 N–H and O–H groups in total. The van der Waals surface area contributed by atoms with Gasteiger partial charge in [0.2, 0.25) is 0 Å². The van der Waals surface area contributed by atoms with Crippen molar-refractivity contribution < 1.29 is 4.74 Å². The molecule has 0 aromatic carbocycles. The van der Waals surface area contributed by atoms with Crippen LogP contribution in [-0.4, -0.2) is 19.0 Å². The lowest BCUT2D eigenvalue weighted by atomic mass is 9.84. The fourth-order valence-corrected chi connectivity index (χ4v) is 2.44.